The Balaban J connectivity index is 2.53. The van der Waals surface area contributed by atoms with Crippen LogP contribution < -0.4 is 0 Å². The number of hydrogen-bond donors (Lipinski definition) is 1. The number of halogens is 1. The van der Waals surface area contributed by atoms with Crippen molar-refractivity contribution >= 4 is 22.1 Å². The zero-order valence-electron chi connectivity index (χ0n) is 7.28. The number of alkyl halides is 1. The van der Waals surface area contributed by atoms with E-state index in [9.17, 15) is 5.11 Å². The number of rotatable bonds is 4. The third kappa shape index (κ3) is 3.59. The van der Waals surface area contributed by atoms with Crippen LogP contribution in [0.4, 0.5) is 0 Å². The topological polar surface area (TPSA) is 32.6 Å². The van der Waals surface area contributed by atoms with Gasteiger partial charge in [0.1, 0.15) is 5.75 Å². The molecule has 1 aromatic rings. The zero-order chi connectivity index (χ0) is 9.52. The third-order valence-electron chi connectivity index (χ3n) is 1.59. The first-order valence-corrected chi connectivity index (χ1v) is 5.30. The Kier molecular flexibility index (Phi) is 4.54. The van der Waals surface area contributed by atoms with Gasteiger partial charge in [-0.3, -0.25) is 4.99 Å². The van der Waals surface area contributed by atoms with E-state index in [2.05, 4.69) is 20.9 Å². The predicted octanol–water partition coefficient (Wildman–Crippen LogP) is 2.60. The van der Waals surface area contributed by atoms with E-state index in [1.54, 1.807) is 18.3 Å². The number of aromatic hydroxyl groups is 1. The first-order valence-electron chi connectivity index (χ1n) is 4.18. The molecular weight excluding hydrogens is 230 g/mol. The highest BCUT2D eigenvalue weighted by Crippen LogP contribution is 2.12. The van der Waals surface area contributed by atoms with Crippen molar-refractivity contribution < 1.29 is 5.11 Å². The van der Waals surface area contributed by atoms with Crippen LogP contribution in [0.1, 0.15) is 12.0 Å². The average molecular weight is 242 g/mol. The van der Waals surface area contributed by atoms with Gasteiger partial charge in [-0.15, -0.1) is 0 Å². The minimum absolute atomic E-state index is 0.282. The van der Waals surface area contributed by atoms with Gasteiger partial charge in [0.25, 0.3) is 0 Å². The van der Waals surface area contributed by atoms with Crippen LogP contribution in [0.15, 0.2) is 29.3 Å². The minimum Gasteiger partial charge on any atom is -0.507 e. The van der Waals surface area contributed by atoms with Crippen LogP contribution in [0.5, 0.6) is 5.75 Å². The van der Waals surface area contributed by atoms with Gasteiger partial charge in [0.2, 0.25) is 0 Å². The Bertz CT molecular complexity index is 286. The number of para-hydroxylation sites is 1. The molecule has 0 aliphatic rings. The molecule has 1 aromatic carbocycles. The number of nitrogens with zero attached hydrogens (tertiary/aromatic N) is 1. The van der Waals surface area contributed by atoms with Crippen molar-refractivity contribution in [2.75, 3.05) is 11.9 Å². The number of phenols is 1. The highest BCUT2D eigenvalue weighted by Gasteiger charge is 1.93. The summed E-state index contributed by atoms with van der Waals surface area (Å²) in [4.78, 5) is 4.18. The maximum atomic E-state index is 9.37. The molecule has 0 spiro atoms. The van der Waals surface area contributed by atoms with Crippen molar-refractivity contribution in [3.05, 3.63) is 29.8 Å². The number of phenolic OH excluding ortho intramolecular Hbond substituents is 1. The van der Waals surface area contributed by atoms with Crippen LogP contribution in [-0.2, 0) is 0 Å². The molecule has 0 saturated carbocycles. The van der Waals surface area contributed by atoms with Gasteiger partial charge in [-0.05, 0) is 18.6 Å². The molecule has 3 heteroatoms. The van der Waals surface area contributed by atoms with Crippen LogP contribution in [0.2, 0.25) is 0 Å². The lowest BCUT2D eigenvalue weighted by molar-refractivity contribution is 0.474. The maximum Gasteiger partial charge on any atom is 0.124 e. The lowest BCUT2D eigenvalue weighted by Crippen LogP contribution is -1.85. The number of hydrogen-bond acceptors (Lipinski definition) is 2. The van der Waals surface area contributed by atoms with Crippen molar-refractivity contribution in [3.8, 4) is 5.75 Å². The average Bonchev–Trinajstić information content (AvgIpc) is 2.15. The first-order chi connectivity index (χ1) is 6.34. The summed E-state index contributed by atoms with van der Waals surface area (Å²) in [6.45, 7) is 0.791. The second kappa shape index (κ2) is 5.75. The highest BCUT2D eigenvalue weighted by atomic mass is 79.9. The van der Waals surface area contributed by atoms with E-state index in [1.807, 2.05) is 12.1 Å². The van der Waals surface area contributed by atoms with Crippen molar-refractivity contribution in [1.82, 2.24) is 0 Å². The molecule has 70 valence electrons. The fourth-order valence-corrected chi connectivity index (χ4v) is 1.16. The molecular formula is C10H12BrNO. The van der Waals surface area contributed by atoms with E-state index in [4.69, 9.17) is 0 Å². The molecule has 0 aromatic heterocycles. The molecule has 0 heterocycles. The van der Waals surface area contributed by atoms with Gasteiger partial charge in [0.15, 0.2) is 0 Å². The smallest absolute Gasteiger partial charge is 0.124 e. The Morgan fingerprint density at radius 3 is 2.85 bits per heavy atom. The summed E-state index contributed by atoms with van der Waals surface area (Å²) in [6, 6.07) is 7.18. The monoisotopic (exact) mass is 241 g/mol. The highest BCUT2D eigenvalue weighted by molar-refractivity contribution is 9.09. The van der Waals surface area contributed by atoms with Crippen LogP contribution in [0, 0.1) is 0 Å². The van der Waals surface area contributed by atoms with Crippen LogP contribution in [-0.4, -0.2) is 23.2 Å². The summed E-state index contributed by atoms with van der Waals surface area (Å²) in [5.41, 5.74) is 0.775. The molecule has 2 nitrogen and oxygen atoms in total. The number of aliphatic imine (C=N–C) groups is 1. The molecule has 0 unspecified atom stereocenters. The van der Waals surface area contributed by atoms with Crippen molar-refractivity contribution in [2.45, 2.75) is 6.42 Å². The van der Waals surface area contributed by atoms with Gasteiger partial charge in [0.05, 0.1) is 0 Å². The maximum absolute atomic E-state index is 9.37. The van der Waals surface area contributed by atoms with E-state index in [0.29, 0.717) is 0 Å². The summed E-state index contributed by atoms with van der Waals surface area (Å²) < 4.78 is 0. The van der Waals surface area contributed by atoms with E-state index in [-0.39, 0.29) is 5.75 Å². The number of benzene rings is 1. The molecule has 0 atom stereocenters. The Morgan fingerprint density at radius 1 is 1.38 bits per heavy atom. The molecule has 0 bridgehead atoms. The Morgan fingerprint density at radius 2 is 2.15 bits per heavy atom. The summed E-state index contributed by atoms with van der Waals surface area (Å²) in [6.07, 6.45) is 2.72. The Hall–Kier alpha value is -0.830. The quantitative estimate of drug-likeness (QED) is 0.491. The summed E-state index contributed by atoms with van der Waals surface area (Å²) in [5, 5.41) is 10.3. The van der Waals surface area contributed by atoms with E-state index in [1.165, 1.54) is 0 Å². The molecule has 0 aliphatic carbocycles. The second-order valence-electron chi connectivity index (χ2n) is 2.64. The van der Waals surface area contributed by atoms with E-state index in [0.717, 1.165) is 23.9 Å². The van der Waals surface area contributed by atoms with Crippen molar-refractivity contribution in [1.29, 1.82) is 0 Å². The van der Waals surface area contributed by atoms with Crippen LogP contribution in [0.25, 0.3) is 0 Å². The molecule has 1 N–H and O–H groups in total. The minimum atomic E-state index is 0.282. The predicted molar refractivity (Wildman–Crippen MR) is 59.0 cm³/mol. The molecule has 0 saturated heterocycles. The van der Waals surface area contributed by atoms with Gasteiger partial charge >= 0.3 is 0 Å². The zero-order valence-corrected chi connectivity index (χ0v) is 8.87. The molecule has 0 radical (unpaired) electrons. The lowest BCUT2D eigenvalue weighted by Gasteiger charge is -1.96. The van der Waals surface area contributed by atoms with Crippen molar-refractivity contribution in [2.24, 2.45) is 4.99 Å². The molecule has 0 aliphatic heterocycles. The van der Waals surface area contributed by atoms with E-state index >= 15 is 0 Å². The first kappa shape index (κ1) is 10.3. The molecule has 0 amide bonds. The van der Waals surface area contributed by atoms with Gasteiger partial charge < -0.3 is 5.11 Å². The Labute approximate surface area is 86.4 Å². The summed E-state index contributed by atoms with van der Waals surface area (Å²) in [5.74, 6) is 0.282. The van der Waals surface area contributed by atoms with Gasteiger partial charge in [-0.25, -0.2) is 0 Å². The third-order valence-corrected chi connectivity index (χ3v) is 2.15. The second-order valence-corrected chi connectivity index (χ2v) is 3.43. The van der Waals surface area contributed by atoms with E-state index < -0.39 is 0 Å². The largest absolute Gasteiger partial charge is 0.507 e. The fraction of sp³-hybridized carbons (Fsp3) is 0.300. The summed E-state index contributed by atoms with van der Waals surface area (Å²) >= 11 is 3.33. The lowest BCUT2D eigenvalue weighted by atomic mass is 10.2. The van der Waals surface area contributed by atoms with Crippen molar-refractivity contribution in [3.63, 3.8) is 0 Å². The molecule has 0 fully saturated rings. The van der Waals surface area contributed by atoms with Gasteiger partial charge in [-0.2, -0.15) is 0 Å². The van der Waals surface area contributed by atoms with Gasteiger partial charge in [-0.1, -0.05) is 28.1 Å². The van der Waals surface area contributed by atoms with Crippen LogP contribution >= 0.6 is 15.9 Å². The molecule has 1 rings (SSSR count). The SMILES string of the molecule is Oc1ccccc1C=NCCCBr. The fourth-order valence-electron chi connectivity index (χ4n) is 0.911. The van der Waals surface area contributed by atoms with Gasteiger partial charge in [0, 0.05) is 23.7 Å². The molecule has 13 heavy (non-hydrogen) atoms. The normalized spacial score (nSPS) is 10.8. The standard InChI is InChI=1S/C10H12BrNO/c11-6-3-7-12-8-9-4-1-2-5-10(9)13/h1-2,4-5,8,13H,3,6-7H2. The summed E-state index contributed by atoms with van der Waals surface area (Å²) in [7, 11) is 0. The van der Waals surface area contributed by atoms with Crippen LogP contribution in [0.3, 0.4) is 0 Å².